The number of carbonyl (C=O) groups excluding carboxylic acids is 1. The lowest BCUT2D eigenvalue weighted by Gasteiger charge is -2.23. The van der Waals surface area contributed by atoms with Gasteiger partial charge in [-0.15, -0.1) is 0 Å². The largest absolute Gasteiger partial charge is 0.368 e. The Morgan fingerprint density at radius 1 is 0.935 bits per heavy atom. The molecule has 7 heteroatoms. The van der Waals surface area contributed by atoms with Crippen LogP contribution in [0, 0.1) is 0 Å². The highest BCUT2D eigenvalue weighted by Crippen LogP contribution is 2.26. The van der Waals surface area contributed by atoms with Gasteiger partial charge in [0, 0.05) is 6.54 Å². The molecule has 160 valence electrons. The molecule has 31 heavy (non-hydrogen) atoms. The van der Waals surface area contributed by atoms with Gasteiger partial charge in [-0.1, -0.05) is 60.7 Å². The van der Waals surface area contributed by atoms with Crippen LogP contribution < -0.4 is 10.5 Å². The molecule has 3 N–H and O–H groups in total. The molecule has 4 rings (SSSR count). The van der Waals surface area contributed by atoms with E-state index in [1.807, 2.05) is 47.4 Å². The molecule has 0 radical (unpaired) electrons. The van der Waals surface area contributed by atoms with E-state index in [-0.39, 0.29) is 16.8 Å². The average Bonchev–Trinajstić information content (AvgIpc) is 3.24. The van der Waals surface area contributed by atoms with E-state index in [0.717, 1.165) is 36.1 Å². The summed E-state index contributed by atoms with van der Waals surface area (Å²) in [5.74, 6) is -0.339. The van der Waals surface area contributed by atoms with Gasteiger partial charge in [-0.3, -0.25) is 14.4 Å². The summed E-state index contributed by atoms with van der Waals surface area (Å²) in [6, 6.07) is 23.6. The molecule has 1 fully saturated rings. The van der Waals surface area contributed by atoms with Gasteiger partial charge in [-0.2, -0.15) is 0 Å². The number of sulfonamides is 1. The molecular formula is C24H25N3O3S. The summed E-state index contributed by atoms with van der Waals surface area (Å²) < 4.78 is 28.7. The number of amides is 1. The molecule has 1 atom stereocenters. The van der Waals surface area contributed by atoms with Crippen molar-refractivity contribution in [1.82, 2.24) is 4.90 Å². The fourth-order valence-electron chi connectivity index (χ4n) is 3.97. The monoisotopic (exact) mass is 435 g/mol. The highest BCUT2D eigenvalue weighted by atomic mass is 32.2. The first kappa shape index (κ1) is 21.1. The summed E-state index contributed by atoms with van der Waals surface area (Å²) in [7, 11) is -3.76. The minimum absolute atomic E-state index is 0.193. The number of nitrogens with two attached hydrogens (primary N) is 1. The Bertz CT molecular complexity index is 1160. The van der Waals surface area contributed by atoms with Gasteiger partial charge in [0.2, 0.25) is 5.91 Å². The van der Waals surface area contributed by atoms with E-state index < -0.39 is 10.0 Å². The normalized spacial score (nSPS) is 16.8. The van der Waals surface area contributed by atoms with Crippen LogP contribution in [-0.4, -0.2) is 31.8 Å². The van der Waals surface area contributed by atoms with E-state index in [9.17, 15) is 13.2 Å². The zero-order chi connectivity index (χ0) is 21.8. The maximum atomic E-state index is 13.0. The minimum atomic E-state index is -3.76. The highest BCUT2D eigenvalue weighted by Gasteiger charge is 2.29. The smallest absolute Gasteiger partial charge is 0.261 e. The molecule has 0 bridgehead atoms. The van der Waals surface area contributed by atoms with Crippen molar-refractivity contribution in [2.45, 2.75) is 30.3 Å². The standard InChI is InChI=1S/C24H25N3O3S/c25-24(28)23-11-6-16-27(23)17-20-9-4-5-10-22(20)26-31(29,30)21-14-12-19(13-15-21)18-7-2-1-3-8-18/h1-5,7-10,12-15,23,26H,6,11,16-17H2,(H2,25,28)/t23-/m1/s1. The van der Waals surface area contributed by atoms with Crippen molar-refractivity contribution in [3.8, 4) is 11.1 Å². The molecule has 1 aliphatic rings. The van der Waals surface area contributed by atoms with Crippen molar-refractivity contribution >= 4 is 21.6 Å². The van der Waals surface area contributed by atoms with Crippen molar-refractivity contribution in [3.63, 3.8) is 0 Å². The number of likely N-dealkylation sites (tertiary alicyclic amines) is 1. The Kier molecular flexibility index (Phi) is 6.06. The Labute approximate surface area is 182 Å². The van der Waals surface area contributed by atoms with Crippen molar-refractivity contribution in [2.75, 3.05) is 11.3 Å². The number of nitrogens with zero attached hydrogens (tertiary/aromatic N) is 1. The SMILES string of the molecule is NC(=O)[C@H]1CCCN1Cc1ccccc1NS(=O)(=O)c1ccc(-c2ccccc2)cc1. The fourth-order valence-corrected chi connectivity index (χ4v) is 5.08. The zero-order valence-electron chi connectivity index (χ0n) is 17.1. The lowest BCUT2D eigenvalue weighted by atomic mass is 10.1. The Hall–Kier alpha value is -3.16. The van der Waals surface area contributed by atoms with Crippen molar-refractivity contribution < 1.29 is 13.2 Å². The van der Waals surface area contributed by atoms with Gasteiger partial charge in [0.15, 0.2) is 0 Å². The van der Waals surface area contributed by atoms with Gasteiger partial charge < -0.3 is 5.73 Å². The molecule has 0 saturated carbocycles. The summed E-state index contributed by atoms with van der Waals surface area (Å²) >= 11 is 0. The summed E-state index contributed by atoms with van der Waals surface area (Å²) in [6.45, 7) is 1.22. The number of carbonyl (C=O) groups is 1. The number of nitrogens with one attached hydrogen (secondary N) is 1. The second-order valence-electron chi connectivity index (χ2n) is 7.68. The first-order valence-corrected chi connectivity index (χ1v) is 11.7. The topological polar surface area (TPSA) is 92.5 Å². The average molecular weight is 436 g/mol. The molecule has 1 amide bonds. The molecule has 1 heterocycles. The summed E-state index contributed by atoms with van der Waals surface area (Å²) in [5.41, 5.74) is 8.81. The molecule has 0 spiro atoms. The molecule has 0 aromatic heterocycles. The third-order valence-electron chi connectivity index (χ3n) is 5.60. The van der Waals surface area contributed by atoms with Gasteiger partial charge in [-0.05, 0) is 54.3 Å². The summed E-state index contributed by atoms with van der Waals surface area (Å²) in [5, 5.41) is 0. The third kappa shape index (κ3) is 4.78. The van der Waals surface area contributed by atoms with Gasteiger partial charge in [-0.25, -0.2) is 8.42 Å². The van der Waals surface area contributed by atoms with Gasteiger partial charge >= 0.3 is 0 Å². The Balaban J connectivity index is 1.54. The maximum absolute atomic E-state index is 13.0. The van der Waals surface area contributed by atoms with E-state index in [0.29, 0.717) is 12.2 Å². The molecule has 0 unspecified atom stereocenters. The number of hydrogen-bond donors (Lipinski definition) is 2. The molecule has 0 aliphatic carbocycles. The van der Waals surface area contributed by atoms with E-state index in [1.165, 1.54) is 0 Å². The number of primary amides is 1. The van der Waals surface area contributed by atoms with Crippen LogP contribution >= 0.6 is 0 Å². The second-order valence-corrected chi connectivity index (χ2v) is 9.37. The first-order valence-electron chi connectivity index (χ1n) is 10.2. The van der Waals surface area contributed by atoms with Crippen molar-refractivity contribution in [1.29, 1.82) is 0 Å². The predicted octanol–water partition coefficient (Wildman–Crippen LogP) is 3.60. The van der Waals surface area contributed by atoms with Crippen LogP contribution in [0.1, 0.15) is 18.4 Å². The predicted molar refractivity (Wildman–Crippen MR) is 122 cm³/mol. The molecule has 1 saturated heterocycles. The van der Waals surface area contributed by atoms with E-state index in [1.54, 1.807) is 36.4 Å². The molecule has 3 aromatic rings. The van der Waals surface area contributed by atoms with Crippen LogP contribution in [0.5, 0.6) is 0 Å². The van der Waals surface area contributed by atoms with Gasteiger partial charge in [0.05, 0.1) is 16.6 Å². The van der Waals surface area contributed by atoms with Crippen molar-refractivity contribution in [3.05, 3.63) is 84.4 Å². The maximum Gasteiger partial charge on any atom is 0.261 e. The fraction of sp³-hybridized carbons (Fsp3) is 0.208. The third-order valence-corrected chi connectivity index (χ3v) is 6.98. The number of hydrogen-bond acceptors (Lipinski definition) is 4. The van der Waals surface area contributed by atoms with Crippen molar-refractivity contribution in [2.24, 2.45) is 5.73 Å². The zero-order valence-corrected chi connectivity index (χ0v) is 17.9. The lowest BCUT2D eigenvalue weighted by Crippen LogP contribution is -2.39. The molecular weight excluding hydrogens is 410 g/mol. The Morgan fingerprint density at radius 3 is 2.29 bits per heavy atom. The van der Waals surface area contributed by atoms with E-state index in [4.69, 9.17) is 5.73 Å². The number of anilines is 1. The van der Waals surface area contributed by atoms with Crippen LogP contribution in [0.2, 0.25) is 0 Å². The van der Waals surface area contributed by atoms with Crippen LogP contribution in [-0.2, 0) is 21.4 Å². The number of para-hydroxylation sites is 1. The van der Waals surface area contributed by atoms with E-state index in [2.05, 4.69) is 4.72 Å². The summed E-state index contributed by atoms with van der Waals surface area (Å²) in [4.78, 5) is 13.9. The summed E-state index contributed by atoms with van der Waals surface area (Å²) in [6.07, 6.45) is 1.63. The molecule has 1 aliphatic heterocycles. The van der Waals surface area contributed by atoms with Gasteiger partial charge in [0.25, 0.3) is 10.0 Å². The number of benzene rings is 3. The Morgan fingerprint density at radius 2 is 1.58 bits per heavy atom. The van der Waals surface area contributed by atoms with Crippen LogP contribution in [0.25, 0.3) is 11.1 Å². The van der Waals surface area contributed by atoms with Crippen LogP contribution in [0.3, 0.4) is 0 Å². The van der Waals surface area contributed by atoms with Crippen LogP contribution in [0.4, 0.5) is 5.69 Å². The van der Waals surface area contributed by atoms with Crippen LogP contribution in [0.15, 0.2) is 83.8 Å². The molecule has 3 aromatic carbocycles. The van der Waals surface area contributed by atoms with E-state index >= 15 is 0 Å². The minimum Gasteiger partial charge on any atom is -0.368 e. The molecule has 6 nitrogen and oxygen atoms in total. The highest BCUT2D eigenvalue weighted by molar-refractivity contribution is 7.92. The first-order chi connectivity index (χ1) is 14.9. The number of rotatable bonds is 7. The quantitative estimate of drug-likeness (QED) is 0.593. The lowest BCUT2D eigenvalue weighted by molar-refractivity contribution is -0.122. The van der Waals surface area contributed by atoms with Gasteiger partial charge in [0.1, 0.15) is 0 Å². The second kappa shape index (κ2) is 8.91.